The van der Waals surface area contributed by atoms with Crippen LogP contribution in [-0.2, 0) is 0 Å². The van der Waals surface area contributed by atoms with Crippen molar-refractivity contribution in [2.75, 3.05) is 0 Å². The molecule has 0 saturated heterocycles. The topological polar surface area (TPSA) is 35.9 Å². The van der Waals surface area contributed by atoms with Crippen molar-refractivity contribution >= 4 is 21.8 Å². The molecule has 9 rings (SSSR count). The minimum absolute atomic E-state index is 0.401. The first-order valence-corrected chi connectivity index (χ1v) is 17.6. The van der Waals surface area contributed by atoms with E-state index in [0.29, 0.717) is 5.92 Å². The van der Waals surface area contributed by atoms with Gasteiger partial charge in [-0.15, -0.1) is 0 Å². The van der Waals surface area contributed by atoms with Gasteiger partial charge in [0.25, 0.3) is 6.33 Å². The van der Waals surface area contributed by atoms with Crippen LogP contribution in [0.4, 0.5) is 0 Å². The van der Waals surface area contributed by atoms with E-state index in [9.17, 15) is 0 Å². The third-order valence-electron chi connectivity index (χ3n) is 9.67. The van der Waals surface area contributed by atoms with Gasteiger partial charge in [0.05, 0.1) is 22.4 Å². The van der Waals surface area contributed by atoms with Crippen molar-refractivity contribution in [2.24, 2.45) is 0 Å². The zero-order valence-corrected chi connectivity index (χ0v) is 29.0. The fourth-order valence-electron chi connectivity index (χ4n) is 7.10. The Morgan fingerprint density at radius 1 is 0.615 bits per heavy atom. The van der Waals surface area contributed by atoms with Crippen molar-refractivity contribution < 1.29 is 9.30 Å². The molecule has 0 aliphatic heterocycles. The molecular weight excluding hydrogens is 637 g/mol. The van der Waals surface area contributed by atoms with E-state index >= 15 is 0 Å². The van der Waals surface area contributed by atoms with Gasteiger partial charge >= 0.3 is 0 Å². The molecule has 5 nitrogen and oxygen atoms in total. The normalized spacial score (nSPS) is 11.4. The Morgan fingerprint density at radius 2 is 1.29 bits per heavy atom. The Balaban J connectivity index is 1.08. The van der Waals surface area contributed by atoms with Gasteiger partial charge < -0.3 is 4.74 Å². The van der Waals surface area contributed by atoms with Crippen LogP contribution in [0.15, 0.2) is 176 Å². The summed E-state index contributed by atoms with van der Waals surface area (Å²) in [5.41, 5.74) is 10.0. The molecule has 0 saturated carbocycles. The fraction of sp³-hybridized carbons (Fsp3) is 0.0638. The van der Waals surface area contributed by atoms with Crippen molar-refractivity contribution in [2.45, 2.75) is 19.8 Å². The molecule has 0 spiro atoms. The molecule has 6 aromatic carbocycles. The van der Waals surface area contributed by atoms with E-state index in [2.05, 4.69) is 175 Å². The van der Waals surface area contributed by atoms with E-state index in [4.69, 9.17) is 9.72 Å². The molecule has 9 aromatic rings. The highest BCUT2D eigenvalue weighted by atomic mass is 16.5. The molecule has 250 valence electrons. The number of ether oxygens (including phenoxy) is 1. The van der Waals surface area contributed by atoms with Crippen LogP contribution < -0.4 is 9.30 Å². The summed E-state index contributed by atoms with van der Waals surface area (Å²) in [6, 6.07) is 54.8. The molecule has 0 fully saturated rings. The smallest absolute Gasteiger partial charge is 0.268 e. The van der Waals surface area contributed by atoms with Crippen LogP contribution in [-0.4, -0.2) is 14.1 Å². The molecule has 0 aliphatic carbocycles. The average molecular weight is 673 g/mol. The number of hydrogen-bond donors (Lipinski definition) is 0. The number of imidazole rings is 1. The number of pyridine rings is 1. The highest BCUT2D eigenvalue weighted by Gasteiger charge is 2.17. The minimum Gasteiger partial charge on any atom is -0.458 e. The van der Waals surface area contributed by atoms with E-state index in [1.807, 2.05) is 35.2 Å². The molecule has 0 radical (unpaired) electrons. The second kappa shape index (κ2) is 13.2. The summed E-state index contributed by atoms with van der Waals surface area (Å²) in [6.45, 7) is 4.42. The molecule has 0 N–H and O–H groups in total. The molecule has 52 heavy (non-hydrogen) atoms. The Bertz CT molecular complexity index is 2630. The summed E-state index contributed by atoms with van der Waals surface area (Å²) in [5, 5.41) is 2.34. The second-order valence-electron chi connectivity index (χ2n) is 13.3. The van der Waals surface area contributed by atoms with Crippen molar-refractivity contribution in [3.63, 3.8) is 0 Å². The highest BCUT2D eigenvalue weighted by Crippen LogP contribution is 2.36. The Kier molecular flexibility index (Phi) is 7.94. The van der Waals surface area contributed by atoms with Crippen molar-refractivity contribution in [1.82, 2.24) is 14.1 Å². The van der Waals surface area contributed by atoms with Crippen LogP contribution in [0.25, 0.3) is 61.3 Å². The molecule has 0 unspecified atom stereocenters. The number of nitrogens with zero attached hydrogens (tertiary/aromatic N) is 4. The fourth-order valence-corrected chi connectivity index (χ4v) is 7.10. The lowest BCUT2D eigenvalue weighted by Gasteiger charge is -2.16. The van der Waals surface area contributed by atoms with Crippen molar-refractivity contribution in [3.05, 3.63) is 188 Å². The maximum absolute atomic E-state index is 6.58. The van der Waals surface area contributed by atoms with Gasteiger partial charge in [-0.3, -0.25) is 13.7 Å². The standard InChI is InChI=1S/C47H36N4O/c1-33(2)36-25-26-48-46(29-36)51-44-22-10-9-19-42(44)43-24-23-39(31-45(43)51)52-38-18-11-17-37(30-38)49-27-28-50(32-49)47-40(34-13-5-3-6-14-34)20-12-21-41(47)35-15-7-4-8-16-35/h3-31,33H,1-2H3. The second-order valence-corrected chi connectivity index (χ2v) is 13.3. The molecule has 5 heteroatoms. The van der Waals surface area contributed by atoms with Gasteiger partial charge in [-0.2, -0.15) is 0 Å². The largest absolute Gasteiger partial charge is 0.458 e. The summed E-state index contributed by atoms with van der Waals surface area (Å²) in [6.07, 6.45) is 9.61. The van der Waals surface area contributed by atoms with Crippen LogP contribution in [0.2, 0.25) is 0 Å². The van der Waals surface area contributed by atoms with E-state index in [-0.39, 0.29) is 0 Å². The number of para-hydroxylation sites is 2. The number of aromatic nitrogens is 4. The third kappa shape index (κ3) is 5.72. The monoisotopic (exact) mass is 672 g/mol. The maximum Gasteiger partial charge on any atom is 0.268 e. The van der Waals surface area contributed by atoms with E-state index in [1.165, 1.54) is 10.9 Å². The molecular formula is C47H36N4O. The van der Waals surface area contributed by atoms with Gasteiger partial charge in [-0.1, -0.05) is 117 Å². The van der Waals surface area contributed by atoms with Crippen LogP contribution in [0.1, 0.15) is 25.3 Å². The summed E-state index contributed by atoms with van der Waals surface area (Å²) >= 11 is 0. The van der Waals surface area contributed by atoms with E-state index < -0.39 is 0 Å². The van der Waals surface area contributed by atoms with Gasteiger partial charge in [0.1, 0.15) is 17.3 Å². The summed E-state index contributed by atoms with van der Waals surface area (Å²) < 4.78 is 12.9. The third-order valence-corrected chi connectivity index (χ3v) is 9.67. The van der Waals surface area contributed by atoms with Crippen LogP contribution in [0.3, 0.4) is 0 Å². The number of rotatable bonds is 8. The lowest BCUT2D eigenvalue weighted by molar-refractivity contribution is -0.598. The lowest BCUT2D eigenvalue weighted by atomic mass is 9.96. The van der Waals surface area contributed by atoms with Crippen LogP contribution in [0, 0.1) is 6.33 Å². The molecule has 3 heterocycles. The van der Waals surface area contributed by atoms with Crippen LogP contribution >= 0.6 is 0 Å². The number of hydrogen-bond acceptors (Lipinski definition) is 2. The van der Waals surface area contributed by atoms with Gasteiger partial charge in [0, 0.05) is 35.4 Å². The molecule has 3 aromatic heterocycles. The van der Waals surface area contributed by atoms with Crippen molar-refractivity contribution in [1.29, 1.82) is 0 Å². The first-order valence-electron chi connectivity index (χ1n) is 17.6. The summed E-state index contributed by atoms with van der Waals surface area (Å²) in [5.74, 6) is 2.79. The van der Waals surface area contributed by atoms with Gasteiger partial charge in [-0.25, -0.2) is 4.98 Å². The Morgan fingerprint density at radius 3 is 2.04 bits per heavy atom. The predicted molar refractivity (Wildman–Crippen MR) is 210 cm³/mol. The first-order chi connectivity index (χ1) is 25.6. The number of fused-ring (bicyclic) bond motifs is 3. The van der Waals surface area contributed by atoms with E-state index in [1.54, 1.807) is 0 Å². The van der Waals surface area contributed by atoms with Gasteiger partial charge in [-0.05, 0) is 82.3 Å². The molecule has 0 atom stereocenters. The summed E-state index contributed by atoms with van der Waals surface area (Å²) in [7, 11) is 0. The van der Waals surface area contributed by atoms with E-state index in [0.717, 1.165) is 67.4 Å². The number of benzene rings is 6. The molecule has 0 amide bonds. The first kappa shape index (κ1) is 31.3. The van der Waals surface area contributed by atoms with Gasteiger partial charge in [0.15, 0.2) is 0 Å². The Labute approximate surface area is 303 Å². The zero-order chi connectivity index (χ0) is 35.0. The maximum atomic E-state index is 6.58. The average Bonchev–Trinajstić information content (AvgIpc) is 3.82. The predicted octanol–water partition coefficient (Wildman–Crippen LogP) is 11.3. The SMILES string of the molecule is CC(C)c1ccnc(-n2c3ccccc3c3ccc(Oc4cccc(-n5[c-][n+](-c6c(-c7ccccc7)cccc6-c6ccccc6)cc5)c4)cc32)c1. The molecule has 0 bridgehead atoms. The summed E-state index contributed by atoms with van der Waals surface area (Å²) in [4.78, 5) is 4.81. The van der Waals surface area contributed by atoms with Gasteiger partial charge in [0.2, 0.25) is 0 Å². The van der Waals surface area contributed by atoms with Crippen LogP contribution in [0.5, 0.6) is 11.5 Å². The zero-order valence-electron chi connectivity index (χ0n) is 29.0. The minimum atomic E-state index is 0.401. The highest BCUT2D eigenvalue weighted by molar-refractivity contribution is 6.09. The lowest BCUT2D eigenvalue weighted by Crippen LogP contribution is -2.30. The Hall–Kier alpha value is -6.72. The quantitative estimate of drug-likeness (QED) is 0.119. The van der Waals surface area contributed by atoms with Crippen molar-refractivity contribution in [3.8, 4) is 50.9 Å². The molecule has 0 aliphatic rings.